The van der Waals surface area contributed by atoms with Crippen molar-refractivity contribution in [1.29, 1.82) is 0 Å². The number of rotatable bonds is 4. The topological polar surface area (TPSA) is 0 Å². The first-order valence-electron chi connectivity index (χ1n) is 19.3. The SMILES string of the molecule is C[Si]1(C)c2ccccc2-c2cc3c(-c4cc5ccccc5cc4-c4ccccc4)c4ccc(-c5cccc6ccccc56)cc4c(-c4ccccc4)c3cc21. The Hall–Kier alpha value is -6.54. The third-order valence-corrected chi connectivity index (χ3v) is 15.8. The van der Waals surface area contributed by atoms with Gasteiger partial charge in [0, 0.05) is 0 Å². The van der Waals surface area contributed by atoms with Crippen molar-refractivity contribution in [3.05, 3.63) is 194 Å². The lowest BCUT2D eigenvalue weighted by Crippen LogP contribution is -2.49. The van der Waals surface area contributed by atoms with Crippen molar-refractivity contribution in [2.45, 2.75) is 13.1 Å². The van der Waals surface area contributed by atoms with Crippen LogP contribution in [0.5, 0.6) is 0 Å². The van der Waals surface area contributed by atoms with Crippen LogP contribution in [0.1, 0.15) is 0 Å². The van der Waals surface area contributed by atoms with E-state index in [1.165, 1.54) is 109 Å². The summed E-state index contributed by atoms with van der Waals surface area (Å²) < 4.78 is 0. The number of hydrogen-bond acceptors (Lipinski definition) is 0. The lowest BCUT2D eigenvalue weighted by atomic mass is 9.81. The molecule has 0 aromatic heterocycles. The largest absolute Gasteiger partial charge is 0.113 e. The average molecular weight is 715 g/mol. The fourth-order valence-corrected chi connectivity index (χ4v) is 12.7. The Labute approximate surface area is 323 Å². The lowest BCUT2D eigenvalue weighted by molar-refractivity contribution is 1.62. The summed E-state index contributed by atoms with van der Waals surface area (Å²) in [4.78, 5) is 0. The van der Waals surface area contributed by atoms with Crippen LogP contribution in [0.2, 0.25) is 13.1 Å². The molecule has 0 radical (unpaired) electrons. The molecule has 0 bridgehead atoms. The molecule has 0 saturated carbocycles. The van der Waals surface area contributed by atoms with Gasteiger partial charge in [0.1, 0.15) is 8.07 Å². The zero-order valence-corrected chi connectivity index (χ0v) is 32.0. The normalized spacial score (nSPS) is 13.1. The van der Waals surface area contributed by atoms with Crippen LogP contribution in [-0.4, -0.2) is 8.07 Å². The van der Waals surface area contributed by atoms with Crippen LogP contribution in [-0.2, 0) is 0 Å². The summed E-state index contributed by atoms with van der Waals surface area (Å²) in [6.07, 6.45) is 0. The van der Waals surface area contributed by atoms with Gasteiger partial charge in [0.15, 0.2) is 0 Å². The van der Waals surface area contributed by atoms with E-state index in [1.54, 1.807) is 0 Å². The van der Waals surface area contributed by atoms with Crippen molar-refractivity contribution in [3.63, 3.8) is 0 Å². The first kappa shape index (κ1) is 31.9. The molecule has 1 aliphatic rings. The van der Waals surface area contributed by atoms with Crippen molar-refractivity contribution in [3.8, 4) is 55.6 Å². The van der Waals surface area contributed by atoms with Gasteiger partial charge in [0.05, 0.1) is 0 Å². The maximum Gasteiger partial charge on any atom is 0.113 e. The molecule has 0 atom stereocenters. The summed E-state index contributed by atoms with van der Waals surface area (Å²) in [7, 11) is -1.98. The second-order valence-electron chi connectivity index (χ2n) is 15.6. The van der Waals surface area contributed by atoms with E-state index in [-0.39, 0.29) is 0 Å². The van der Waals surface area contributed by atoms with Crippen molar-refractivity contribution < 1.29 is 0 Å². The van der Waals surface area contributed by atoms with Gasteiger partial charge in [-0.05, 0) is 133 Å². The van der Waals surface area contributed by atoms with Crippen molar-refractivity contribution >= 4 is 61.5 Å². The molecular weight excluding hydrogens is 677 g/mol. The zero-order chi connectivity index (χ0) is 36.7. The average Bonchev–Trinajstić information content (AvgIpc) is 3.46. The molecule has 0 saturated heterocycles. The molecule has 0 spiro atoms. The number of fused-ring (bicyclic) bond motifs is 7. The highest BCUT2D eigenvalue weighted by Crippen LogP contribution is 2.49. The maximum absolute atomic E-state index is 2.61. The second kappa shape index (κ2) is 12.2. The summed E-state index contributed by atoms with van der Waals surface area (Å²) in [6.45, 7) is 5.06. The van der Waals surface area contributed by atoms with E-state index in [1.807, 2.05) is 0 Å². The zero-order valence-electron chi connectivity index (χ0n) is 31.0. The molecule has 0 aliphatic carbocycles. The summed E-state index contributed by atoms with van der Waals surface area (Å²) >= 11 is 0. The fraction of sp³-hybridized carbons (Fsp3) is 0.0370. The Balaban J connectivity index is 1.35. The molecule has 55 heavy (non-hydrogen) atoms. The van der Waals surface area contributed by atoms with Crippen LogP contribution >= 0.6 is 0 Å². The predicted molar refractivity (Wildman–Crippen MR) is 240 cm³/mol. The van der Waals surface area contributed by atoms with E-state index >= 15 is 0 Å². The van der Waals surface area contributed by atoms with Gasteiger partial charge in [-0.2, -0.15) is 0 Å². The minimum Gasteiger partial charge on any atom is -0.0623 e. The van der Waals surface area contributed by atoms with Gasteiger partial charge in [-0.3, -0.25) is 0 Å². The van der Waals surface area contributed by atoms with Gasteiger partial charge < -0.3 is 0 Å². The van der Waals surface area contributed by atoms with Crippen LogP contribution in [0.25, 0.3) is 98.7 Å². The molecule has 1 heteroatoms. The minimum absolute atomic E-state index is 1.23. The van der Waals surface area contributed by atoms with E-state index in [4.69, 9.17) is 0 Å². The standard InChI is InChI=1S/C54H38Si/c1-55(2)51-27-14-13-25-43(51)46-33-49-50(34-52(46)55)53(37-19-7-4-8-20-37)47-32-40(42-26-15-23-35-18-11-12-24-41(35)42)28-29-44(47)54(49)48-31-39-22-10-9-21-38(39)30-45(48)36-16-5-3-6-17-36/h3-34H,1-2H3. The van der Waals surface area contributed by atoms with Gasteiger partial charge in [-0.1, -0.05) is 183 Å². The Morgan fingerprint density at radius 3 is 1.64 bits per heavy atom. The Morgan fingerprint density at radius 1 is 0.273 bits per heavy atom. The van der Waals surface area contributed by atoms with Crippen molar-refractivity contribution in [1.82, 2.24) is 0 Å². The van der Waals surface area contributed by atoms with Crippen molar-refractivity contribution in [2.75, 3.05) is 0 Å². The molecule has 0 nitrogen and oxygen atoms in total. The Morgan fingerprint density at radius 2 is 0.855 bits per heavy atom. The molecule has 0 amide bonds. The molecule has 11 rings (SSSR count). The molecular formula is C54H38Si. The van der Waals surface area contributed by atoms with Crippen LogP contribution in [0.3, 0.4) is 0 Å². The molecule has 10 aromatic rings. The highest BCUT2D eigenvalue weighted by molar-refractivity contribution is 7.04. The van der Waals surface area contributed by atoms with Crippen LogP contribution < -0.4 is 10.4 Å². The highest BCUT2D eigenvalue weighted by atomic mass is 28.3. The van der Waals surface area contributed by atoms with Crippen LogP contribution in [0.4, 0.5) is 0 Å². The molecule has 0 fully saturated rings. The molecule has 258 valence electrons. The molecule has 1 aliphatic heterocycles. The predicted octanol–water partition coefficient (Wildman–Crippen LogP) is 13.8. The summed E-state index contributed by atoms with van der Waals surface area (Å²) in [5.74, 6) is 0. The van der Waals surface area contributed by atoms with Crippen LogP contribution in [0.15, 0.2) is 194 Å². The first-order valence-corrected chi connectivity index (χ1v) is 22.3. The summed E-state index contributed by atoms with van der Waals surface area (Å²) in [5.41, 5.74) is 12.9. The minimum atomic E-state index is -1.98. The molecule has 0 N–H and O–H groups in total. The number of hydrogen-bond donors (Lipinski definition) is 0. The van der Waals surface area contributed by atoms with Gasteiger partial charge in [-0.25, -0.2) is 0 Å². The van der Waals surface area contributed by atoms with Gasteiger partial charge in [0.2, 0.25) is 0 Å². The van der Waals surface area contributed by atoms with Gasteiger partial charge >= 0.3 is 0 Å². The monoisotopic (exact) mass is 714 g/mol. The first-order chi connectivity index (χ1) is 27.0. The lowest BCUT2D eigenvalue weighted by Gasteiger charge is -2.24. The third kappa shape index (κ3) is 4.90. The fourth-order valence-electron chi connectivity index (χ4n) is 9.57. The van der Waals surface area contributed by atoms with Crippen molar-refractivity contribution in [2.24, 2.45) is 0 Å². The quantitative estimate of drug-likeness (QED) is 0.126. The third-order valence-electron chi connectivity index (χ3n) is 12.2. The van der Waals surface area contributed by atoms with Gasteiger partial charge in [-0.15, -0.1) is 0 Å². The van der Waals surface area contributed by atoms with E-state index in [9.17, 15) is 0 Å². The molecule has 1 heterocycles. The van der Waals surface area contributed by atoms with Crippen LogP contribution in [0, 0.1) is 0 Å². The van der Waals surface area contributed by atoms with E-state index in [0.717, 1.165) is 0 Å². The smallest absolute Gasteiger partial charge is 0.0623 e. The summed E-state index contributed by atoms with van der Waals surface area (Å²) in [5, 5.41) is 13.3. The maximum atomic E-state index is 2.61. The summed E-state index contributed by atoms with van der Waals surface area (Å²) in [6, 6.07) is 72.8. The van der Waals surface area contributed by atoms with E-state index in [2.05, 4.69) is 207 Å². The second-order valence-corrected chi connectivity index (χ2v) is 20.0. The van der Waals surface area contributed by atoms with E-state index in [0.29, 0.717) is 0 Å². The Bertz CT molecular complexity index is 3150. The van der Waals surface area contributed by atoms with E-state index < -0.39 is 8.07 Å². The van der Waals surface area contributed by atoms with Gasteiger partial charge in [0.25, 0.3) is 0 Å². The number of benzene rings is 10. The molecule has 0 unspecified atom stereocenters. The molecule has 10 aromatic carbocycles. The highest BCUT2D eigenvalue weighted by Gasteiger charge is 2.38. The Kier molecular flexibility index (Phi) is 7.11.